The van der Waals surface area contributed by atoms with Gasteiger partial charge in [-0.05, 0) is 25.5 Å². The lowest BCUT2D eigenvalue weighted by Gasteiger charge is -2.13. The van der Waals surface area contributed by atoms with Crippen LogP contribution >= 0.6 is 0 Å². The molecule has 0 saturated carbocycles. The Kier molecular flexibility index (Phi) is 9.14. The quantitative estimate of drug-likeness (QED) is 0.653. The topological polar surface area (TPSA) is 65.5 Å². The molecule has 0 bridgehead atoms. The van der Waals surface area contributed by atoms with Gasteiger partial charge in [0.15, 0.2) is 11.6 Å². The van der Waals surface area contributed by atoms with Crippen LogP contribution in [0.1, 0.15) is 33.0 Å². The maximum atomic E-state index is 5.76. The number of nitrogens with one attached hydrogen (secondary N) is 1. The van der Waals surface area contributed by atoms with E-state index < -0.39 is 0 Å². The van der Waals surface area contributed by atoms with E-state index in [2.05, 4.69) is 22.2 Å². The fraction of sp³-hybridized carbons (Fsp3) is 0.474. The summed E-state index contributed by atoms with van der Waals surface area (Å²) in [7, 11) is 1.63. The molecule has 0 radical (unpaired) electrons. The Bertz CT molecular complexity index is 635. The third kappa shape index (κ3) is 6.87. The number of aromatic nitrogens is 2. The molecule has 6 heteroatoms. The van der Waals surface area contributed by atoms with Crippen LogP contribution in [-0.4, -0.2) is 36.8 Å². The summed E-state index contributed by atoms with van der Waals surface area (Å²) in [5.74, 6) is 3.61. The second kappa shape index (κ2) is 11.1. The van der Waals surface area contributed by atoms with Gasteiger partial charge in [-0.15, -0.1) is 0 Å². The van der Waals surface area contributed by atoms with Crippen LogP contribution in [0.4, 0.5) is 5.82 Å². The molecule has 0 aliphatic heterocycles. The Morgan fingerprint density at radius 3 is 2.64 bits per heavy atom. The highest BCUT2D eigenvalue weighted by Crippen LogP contribution is 2.21. The average molecular weight is 347 g/mol. The zero-order valence-electron chi connectivity index (χ0n) is 14.5. The number of benzene rings is 1. The Labute approximate surface area is 150 Å². The van der Waals surface area contributed by atoms with Gasteiger partial charge in [0.1, 0.15) is 30.5 Å². The van der Waals surface area contributed by atoms with Crippen LogP contribution in [0.15, 0.2) is 30.5 Å². The number of hydrogen-bond acceptors (Lipinski definition) is 6. The molecule has 2 aromatic rings. The van der Waals surface area contributed by atoms with Crippen LogP contribution < -0.4 is 19.5 Å². The third-order valence-electron chi connectivity index (χ3n) is 3.35. The van der Waals surface area contributed by atoms with E-state index in [1.807, 2.05) is 31.2 Å². The smallest absolute Gasteiger partial charge is 0.180 e. The average Bonchev–Trinajstić information content (AvgIpc) is 2.60. The van der Waals surface area contributed by atoms with Crippen LogP contribution in [0.2, 0.25) is 0 Å². The lowest BCUT2D eigenvalue weighted by Crippen LogP contribution is -2.12. The van der Waals surface area contributed by atoms with Crippen molar-refractivity contribution in [3.05, 3.63) is 36.3 Å². The molecule has 25 heavy (non-hydrogen) atoms. The van der Waals surface area contributed by atoms with Crippen LogP contribution in [0.25, 0.3) is 0 Å². The van der Waals surface area contributed by atoms with Gasteiger partial charge in [0.05, 0.1) is 13.3 Å². The van der Waals surface area contributed by atoms with Crippen molar-refractivity contribution in [3.63, 3.8) is 0 Å². The lowest BCUT2D eigenvalue weighted by molar-refractivity contribution is 0.216. The molecule has 0 unspecified atom stereocenters. The van der Waals surface area contributed by atoms with Crippen molar-refractivity contribution in [3.8, 4) is 17.2 Å². The minimum absolute atomic E-state index is 0. The highest BCUT2D eigenvalue weighted by molar-refractivity contribution is 5.48. The summed E-state index contributed by atoms with van der Waals surface area (Å²) >= 11 is 0. The summed E-state index contributed by atoms with van der Waals surface area (Å²) in [5, 5.41) is 3.30. The number of aryl methyl sites for hydroxylation is 1. The summed E-state index contributed by atoms with van der Waals surface area (Å²) in [5.41, 5.74) is 0. The van der Waals surface area contributed by atoms with Crippen molar-refractivity contribution in [2.24, 2.45) is 0 Å². The molecule has 138 valence electrons. The number of unbranched alkanes of at least 4 members (excludes halogenated alkanes) is 1. The predicted octanol–water partition coefficient (Wildman–Crippen LogP) is 4.10. The zero-order chi connectivity index (χ0) is 17.2. The maximum Gasteiger partial charge on any atom is 0.180 e. The van der Waals surface area contributed by atoms with E-state index in [4.69, 9.17) is 14.2 Å². The second-order valence-electron chi connectivity index (χ2n) is 5.29. The fourth-order valence-electron chi connectivity index (χ4n) is 2.08. The van der Waals surface area contributed by atoms with Gasteiger partial charge in [-0.2, -0.15) is 0 Å². The fourth-order valence-corrected chi connectivity index (χ4v) is 2.08. The molecule has 0 saturated heterocycles. The molecule has 0 aliphatic rings. The molecular weight excluding hydrogens is 318 g/mol. The summed E-state index contributed by atoms with van der Waals surface area (Å²) < 4.78 is 16.6. The first kappa shape index (κ1) is 20.5. The van der Waals surface area contributed by atoms with E-state index >= 15 is 0 Å². The molecule has 1 N–H and O–H groups in total. The summed E-state index contributed by atoms with van der Waals surface area (Å²) in [6.07, 6.45) is 3.91. The Morgan fingerprint density at radius 2 is 1.88 bits per heavy atom. The molecule has 1 aromatic carbocycles. The van der Waals surface area contributed by atoms with Gasteiger partial charge >= 0.3 is 0 Å². The maximum absolute atomic E-state index is 5.76. The van der Waals surface area contributed by atoms with Gasteiger partial charge in [-0.3, -0.25) is 0 Å². The third-order valence-corrected chi connectivity index (χ3v) is 3.35. The second-order valence-corrected chi connectivity index (χ2v) is 5.29. The van der Waals surface area contributed by atoms with Crippen LogP contribution in [0, 0.1) is 6.92 Å². The van der Waals surface area contributed by atoms with E-state index in [-0.39, 0.29) is 7.43 Å². The molecule has 0 fully saturated rings. The summed E-state index contributed by atoms with van der Waals surface area (Å²) in [6, 6.07) is 7.49. The van der Waals surface area contributed by atoms with Crippen molar-refractivity contribution in [2.75, 3.05) is 32.2 Å². The zero-order valence-corrected chi connectivity index (χ0v) is 14.5. The van der Waals surface area contributed by atoms with Crippen LogP contribution in [-0.2, 0) is 0 Å². The molecular formula is C19H29N3O3. The van der Waals surface area contributed by atoms with Gasteiger partial charge in [0.2, 0.25) is 0 Å². The van der Waals surface area contributed by atoms with Gasteiger partial charge in [0.25, 0.3) is 0 Å². The van der Waals surface area contributed by atoms with Gasteiger partial charge < -0.3 is 19.5 Å². The molecule has 0 aliphatic carbocycles. The monoisotopic (exact) mass is 347 g/mol. The normalized spacial score (nSPS) is 9.88. The highest BCUT2D eigenvalue weighted by atomic mass is 16.5. The van der Waals surface area contributed by atoms with Crippen molar-refractivity contribution in [2.45, 2.75) is 34.1 Å². The highest BCUT2D eigenvalue weighted by Gasteiger charge is 2.07. The minimum Gasteiger partial charge on any atom is -0.497 e. The molecule has 0 atom stereocenters. The number of nitrogens with zero attached hydrogens (tertiary/aromatic N) is 2. The summed E-state index contributed by atoms with van der Waals surface area (Å²) in [6.45, 7) is 5.71. The molecule has 1 heterocycles. The molecule has 0 amide bonds. The largest absolute Gasteiger partial charge is 0.497 e. The van der Waals surface area contributed by atoms with Gasteiger partial charge in [-0.25, -0.2) is 9.97 Å². The van der Waals surface area contributed by atoms with Crippen molar-refractivity contribution < 1.29 is 14.2 Å². The van der Waals surface area contributed by atoms with Gasteiger partial charge in [0, 0.05) is 12.6 Å². The van der Waals surface area contributed by atoms with E-state index in [1.165, 1.54) is 0 Å². The molecule has 1 aromatic heterocycles. The number of rotatable bonds is 10. The summed E-state index contributed by atoms with van der Waals surface area (Å²) in [4.78, 5) is 8.59. The minimum atomic E-state index is 0. The van der Waals surface area contributed by atoms with Crippen molar-refractivity contribution in [1.82, 2.24) is 9.97 Å². The number of anilines is 1. The first-order valence-corrected chi connectivity index (χ1v) is 8.20. The Morgan fingerprint density at radius 1 is 1.12 bits per heavy atom. The van der Waals surface area contributed by atoms with Crippen LogP contribution in [0.5, 0.6) is 17.2 Å². The lowest BCUT2D eigenvalue weighted by atomic mass is 10.3. The number of ether oxygens (including phenoxy) is 3. The van der Waals surface area contributed by atoms with Gasteiger partial charge in [-0.1, -0.05) is 26.8 Å². The van der Waals surface area contributed by atoms with Crippen LogP contribution in [0.3, 0.4) is 0 Å². The van der Waals surface area contributed by atoms with E-state index in [9.17, 15) is 0 Å². The SMILES string of the molecule is C.CCCCNc1nc(C)ncc1OCCOc1cccc(OC)c1. The predicted molar refractivity (Wildman–Crippen MR) is 101 cm³/mol. The first-order valence-electron chi connectivity index (χ1n) is 8.20. The molecule has 0 spiro atoms. The van der Waals surface area contributed by atoms with E-state index in [1.54, 1.807) is 13.3 Å². The van der Waals surface area contributed by atoms with Crippen molar-refractivity contribution >= 4 is 5.82 Å². The standard InChI is InChI=1S/C18H25N3O3.CH4/c1-4-5-9-19-18-17(13-20-14(2)21-18)24-11-10-23-16-8-6-7-15(12-16)22-3;/h6-8,12-13H,4-5,9-11H2,1-3H3,(H,19,20,21);1H4. The first-order chi connectivity index (χ1) is 11.7. The molecule has 6 nitrogen and oxygen atoms in total. The molecule has 2 rings (SSSR count). The van der Waals surface area contributed by atoms with E-state index in [0.29, 0.717) is 24.8 Å². The number of hydrogen-bond donors (Lipinski definition) is 1. The number of methoxy groups -OCH3 is 1. The Hall–Kier alpha value is -2.50. The Balaban J connectivity index is 0.00000312. The van der Waals surface area contributed by atoms with E-state index in [0.717, 1.165) is 36.7 Å². The van der Waals surface area contributed by atoms with Crippen molar-refractivity contribution in [1.29, 1.82) is 0 Å².